The van der Waals surface area contributed by atoms with E-state index in [-0.39, 0.29) is 0 Å². The first-order valence-corrected chi connectivity index (χ1v) is 13.2. The lowest BCUT2D eigenvalue weighted by Gasteiger charge is -2.10. The van der Waals surface area contributed by atoms with Crippen LogP contribution >= 0.6 is 11.3 Å². The Morgan fingerprint density at radius 2 is 1.46 bits per heavy atom. The quantitative estimate of drug-likeness (QED) is 0.216. The molecule has 5 heterocycles. The van der Waals surface area contributed by atoms with Crippen LogP contribution in [0.25, 0.3) is 75.1 Å². The number of aromatic nitrogens is 4. The zero-order valence-electron chi connectivity index (χ0n) is 19.6. The number of thiophene rings is 1. The third-order valence-electron chi connectivity index (χ3n) is 7.61. The second-order valence-corrected chi connectivity index (χ2v) is 10.6. The molecule has 0 fully saturated rings. The molecular weight excluding hydrogens is 472 g/mol. The lowest BCUT2D eigenvalue weighted by Crippen LogP contribution is -1.95. The van der Waals surface area contributed by atoms with Gasteiger partial charge in [-0.3, -0.25) is 9.38 Å². The number of para-hydroxylation sites is 1. The Hall–Kier alpha value is -4.74. The maximum atomic E-state index is 4.84. The molecule has 9 aromatic rings. The minimum atomic E-state index is 0.952. The molecule has 5 aromatic heterocycles. The third kappa shape index (κ3) is 2.46. The molecule has 4 nitrogen and oxygen atoms in total. The molecular formula is C32H18N4S. The van der Waals surface area contributed by atoms with Crippen molar-refractivity contribution in [1.29, 1.82) is 0 Å². The van der Waals surface area contributed by atoms with Gasteiger partial charge in [-0.2, -0.15) is 0 Å². The molecule has 0 radical (unpaired) electrons. The number of benzene rings is 4. The van der Waals surface area contributed by atoms with Gasteiger partial charge in [0.25, 0.3) is 0 Å². The van der Waals surface area contributed by atoms with E-state index in [9.17, 15) is 0 Å². The van der Waals surface area contributed by atoms with Crippen molar-refractivity contribution in [2.45, 2.75) is 0 Å². The van der Waals surface area contributed by atoms with E-state index in [1.54, 1.807) is 0 Å². The Morgan fingerprint density at radius 1 is 0.568 bits per heavy atom. The number of rotatable bonds is 1. The molecule has 0 aliphatic carbocycles. The van der Waals surface area contributed by atoms with Crippen LogP contribution in [-0.4, -0.2) is 18.9 Å². The molecule has 9 rings (SSSR count). The van der Waals surface area contributed by atoms with Crippen molar-refractivity contribution in [2.75, 3.05) is 0 Å². The SMILES string of the molecule is c1ccc(-n2c3cc4c(cc3c3c5c(ccc32)sc2ccccc25)c2ncccc2n2ccnc42)cc1. The first-order valence-electron chi connectivity index (χ1n) is 12.3. The fourth-order valence-electron chi connectivity index (χ4n) is 6.10. The Morgan fingerprint density at radius 3 is 2.41 bits per heavy atom. The molecule has 0 aliphatic heterocycles. The number of hydrogen-bond donors (Lipinski definition) is 0. The second kappa shape index (κ2) is 6.93. The molecule has 0 unspecified atom stereocenters. The Labute approximate surface area is 214 Å². The van der Waals surface area contributed by atoms with E-state index in [1.807, 2.05) is 36.0 Å². The van der Waals surface area contributed by atoms with Crippen LogP contribution < -0.4 is 0 Å². The van der Waals surface area contributed by atoms with E-state index in [0.717, 1.165) is 33.1 Å². The molecule has 0 saturated heterocycles. The standard InChI is InChI=1S/C32H18N4S/c1-2-7-19(8-3-1)36-24-12-13-28-30(20-9-4-5-11-27(20)37-28)29(24)23-17-21-22(18-26(23)36)32-34-15-16-35(32)25-10-6-14-33-31(21)25/h1-18H. The monoisotopic (exact) mass is 490 g/mol. The zero-order chi connectivity index (χ0) is 24.1. The summed E-state index contributed by atoms with van der Waals surface area (Å²) in [5.41, 5.74) is 6.56. The first-order chi connectivity index (χ1) is 18.4. The van der Waals surface area contributed by atoms with Crippen LogP contribution in [0.5, 0.6) is 0 Å². The molecule has 0 N–H and O–H groups in total. The number of nitrogens with zero attached hydrogens (tertiary/aromatic N) is 4. The Balaban J connectivity index is 1.60. The summed E-state index contributed by atoms with van der Waals surface area (Å²) in [5.74, 6) is 0. The highest BCUT2D eigenvalue weighted by Crippen LogP contribution is 2.44. The van der Waals surface area contributed by atoms with Gasteiger partial charge in [0.15, 0.2) is 0 Å². The van der Waals surface area contributed by atoms with Crippen molar-refractivity contribution in [1.82, 2.24) is 18.9 Å². The molecule has 0 amide bonds. The van der Waals surface area contributed by atoms with Crippen LogP contribution in [0.2, 0.25) is 0 Å². The molecule has 37 heavy (non-hydrogen) atoms. The Kier molecular flexibility index (Phi) is 3.64. The summed E-state index contributed by atoms with van der Waals surface area (Å²) in [7, 11) is 0. The minimum Gasteiger partial charge on any atom is -0.309 e. The molecule has 172 valence electrons. The van der Waals surface area contributed by atoms with E-state index >= 15 is 0 Å². The number of fused-ring (bicyclic) bond motifs is 13. The van der Waals surface area contributed by atoms with Crippen molar-refractivity contribution < 1.29 is 0 Å². The first kappa shape index (κ1) is 19.4. The fourth-order valence-corrected chi connectivity index (χ4v) is 7.21. The summed E-state index contributed by atoms with van der Waals surface area (Å²) in [6, 6.07) is 32.8. The predicted octanol–water partition coefficient (Wildman–Crippen LogP) is 8.50. The smallest absolute Gasteiger partial charge is 0.145 e. The molecule has 0 spiro atoms. The van der Waals surface area contributed by atoms with E-state index in [0.29, 0.717) is 0 Å². The summed E-state index contributed by atoms with van der Waals surface area (Å²) in [6.07, 6.45) is 5.78. The summed E-state index contributed by atoms with van der Waals surface area (Å²) < 4.78 is 7.18. The van der Waals surface area contributed by atoms with Gasteiger partial charge >= 0.3 is 0 Å². The fraction of sp³-hybridized carbons (Fsp3) is 0. The number of pyridine rings is 2. The summed E-state index contributed by atoms with van der Waals surface area (Å²) in [6.45, 7) is 0. The van der Waals surface area contributed by atoms with Gasteiger partial charge in [-0.05, 0) is 54.6 Å². The van der Waals surface area contributed by atoms with Crippen molar-refractivity contribution >= 4 is 80.8 Å². The van der Waals surface area contributed by atoms with Gasteiger partial charge in [0.05, 0.1) is 22.1 Å². The highest BCUT2D eigenvalue weighted by Gasteiger charge is 2.20. The second-order valence-electron chi connectivity index (χ2n) is 9.51. The van der Waals surface area contributed by atoms with Crippen LogP contribution in [0.3, 0.4) is 0 Å². The summed E-state index contributed by atoms with van der Waals surface area (Å²) in [4.78, 5) is 9.61. The lowest BCUT2D eigenvalue weighted by atomic mass is 10.0. The maximum absolute atomic E-state index is 4.84. The van der Waals surface area contributed by atoms with E-state index in [1.165, 1.54) is 42.0 Å². The predicted molar refractivity (Wildman–Crippen MR) is 155 cm³/mol. The highest BCUT2D eigenvalue weighted by molar-refractivity contribution is 7.26. The molecule has 0 aliphatic rings. The van der Waals surface area contributed by atoms with Gasteiger partial charge in [-0.25, -0.2) is 4.98 Å². The third-order valence-corrected chi connectivity index (χ3v) is 8.74. The van der Waals surface area contributed by atoms with Gasteiger partial charge in [-0.15, -0.1) is 11.3 Å². The van der Waals surface area contributed by atoms with Crippen LogP contribution in [0.15, 0.2) is 110 Å². The average molecular weight is 491 g/mol. The molecule has 5 heteroatoms. The number of hydrogen-bond acceptors (Lipinski definition) is 3. The van der Waals surface area contributed by atoms with Crippen LogP contribution in [-0.2, 0) is 0 Å². The normalized spacial score (nSPS) is 12.3. The largest absolute Gasteiger partial charge is 0.309 e. The summed E-state index contributed by atoms with van der Waals surface area (Å²) >= 11 is 1.86. The lowest BCUT2D eigenvalue weighted by molar-refractivity contribution is 1.18. The summed E-state index contributed by atoms with van der Waals surface area (Å²) in [5, 5.41) is 7.41. The Bertz CT molecular complexity index is 2360. The van der Waals surface area contributed by atoms with Gasteiger partial charge in [0, 0.05) is 66.0 Å². The number of imidazole rings is 1. The van der Waals surface area contributed by atoms with Crippen molar-refractivity contribution in [3.8, 4) is 5.69 Å². The molecule has 0 bridgehead atoms. The maximum Gasteiger partial charge on any atom is 0.145 e. The van der Waals surface area contributed by atoms with Gasteiger partial charge in [0.1, 0.15) is 5.65 Å². The average Bonchev–Trinajstić information content (AvgIpc) is 3.66. The van der Waals surface area contributed by atoms with Gasteiger partial charge in [0.2, 0.25) is 0 Å². The molecule has 4 aromatic carbocycles. The van der Waals surface area contributed by atoms with E-state index in [2.05, 4.69) is 93.9 Å². The van der Waals surface area contributed by atoms with Gasteiger partial charge in [-0.1, -0.05) is 36.4 Å². The van der Waals surface area contributed by atoms with E-state index in [4.69, 9.17) is 9.97 Å². The van der Waals surface area contributed by atoms with Crippen LogP contribution in [0.4, 0.5) is 0 Å². The van der Waals surface area contributed by atoms with Crippen molar-refractivity contribution in [3.05, 3.63) is 110 Å². The van der Waals surface area contributed by atoms with Crippen LogP contribution in [0.1, 0.15) is 0 Å². The topological polar surface area (TPSA) is 35.1 Å². The zero-order valence-corrected chi connectivity index (χ0v) is 20.4. The minimum absolute atomic E-state index is 0.952. The molecule has 0 saturated carbocycles. The van der Waals surface area contributed by atoms with Crippen LogP contribution in [0, 0.1) is 0 Å². The van der Waals surface area contributed by atoms with Gasteiger partial charge < -0.3 is 4.57 Å². The molecule has 0 atom stereocenters. The van der Waals surface area contributed by atoms with Crippen molar-refractivity contribution in [2.24, 2.45) is 0 Å². The highest BCUT2D eigenvalue weighted by atomic mass is 32.1. The van der Waals surface area contributed by atoms with E-state index < -0.39 is 0 Å². The van der Waals surface area contributed by atoms with Crippen molar-refractivity contribution in [3.63, 3.8) is 0 Å².